The number of fused-ring (bicyclic) bond motifs is 1. The van der Waals surface area contributed by atoms with Crippen LogP contribution < -0.4 is 0 Å². The molecule has 5 heteroatoms. The first-order valence-electron chi connectivity index (χ1n) is 6.25. The normalized spacial score (nSPS) is 20.2. The molecule has 19 heavy (non-hydrogen) atoms. The van der Waals surface area contributed by atoms with E-state index in [1.165, 1.54) is 0 Å². The Morgan fingerprint density at radius 2 is 1.84 bits per heavy atom. The Labute approximate surface area is 108 Å². The third-order valence-corrected chi connectivity index (χ3v) is 3.66. The molecule has 106 valence electrons. The van der Waals surface area contributed by atoms with Crippen molar-refractivity contribution in [3.05, 3.63) is 34.9 Å². The standard InChI is InChI=1S/C14H15F5/c1-9-5-6-10-3-2-4-11(12(10)7-9)8-13(15,16)14(17,18)19/h5-7,11H,2-4,8H2,1H3/t11-/m1/s1. The van der Waals surface area contributed by atoms with Crippen molar-refractivity contribution >= 4 is 0 Å². The highest BCUT2D eigenvalue weighted by Gasteiger charge is 2.58. The molecule has 0 bridgehead atoms. The van der Waals surface area contributed by atoms with E-state index in [2.05, 4.69) is 0 Å². The van der Waals surface area contributed by atoms with Crippen molar-refractivity contribution in [2.24, 2.45) is 0 Å². The SMILES string of the molecule is Cc1ccc2c(c1)[C@@H](CC(F)(F)C(F)(F)F)CCC2. The summed E-state index contributed by atoms with van der Waals surface area (Å²) in [5.41, 5.74) is 2.45. The van der Waals surface area contributed by atoms with Gasteiger partial charge in [-0.25, -0.2) is 0 Å². The minimum absolute atomic E-state index is 0.391. The molecule has 0 saturated heterocycles. The van der Waals surface area contributed by atoms with Gasteiger partial charge in [-0.2, -0.15) is 22.0 Å². The van der Waals surface area contributed by atoms with Gasteiger partial charge in [0, 0.05) is 6.42 Å². The lowest BCUT2D eigenvalue weighted by molar-refractivity contribution is -0.286. The largest absolute Gasteiger partial charge is 0.453 e. The highest BCUT2D eigenvalue weighted by molar-refractivity contribution is 5.36. The minimum atomic E-state index is -5.46. The van der Waals surface area contributed by atoms with Crippen molar-refractivity contribution in [3.63, 3.8) is 0 Å². The van der Waals surface area contributed by atoms with Crippen molar-refractivity contribution in [3.8, 4) is 0 Å². The van der Waals surface area contributed by atoms with E-state index in [4.69, 9.17) is 0 Å². The molecule has 0 unspecified atom stereocenters. The molecule has 1 aliphatic rings. The fourth-order valence-electron chi connectivity index (χ4n) is 2.65. The minimum Gasteiger partial charge on any atom is -0.196 e. The Hall–Kier alpha value is -1.13. The number of hydrogen-bond acceptors (Lipinski definition) is 0. The molecule has 2 rings (SSSR count). The highest BCUT2D eigenvalue weighted by Crippen LogP contribution is 2.45. The van der Waals surface area contributed by atoms with E-state index in [9.17, 15) is 22.0 Å². The number of hydrogen-bond donors (Lipinski definition) is 0. The van der Waals surface area contributed by atoms with Crippen LogP contribution in [-0.4, -0.2) is 12.1 Å². The van der Waals surface area contributed by atoms with Crippen LogP contribution >= 0.6 is 0 Å². The van der Waals surface area contributed by atoms with Gasteiger partial charge in [-0.3, -0.25) is 0 Å². The van der Waals surface area contributed by atoms with E-state index in [0.29, 0.717) is 18.4 Å². The average Bonchev–Trinajstić information content (AvgIpc) is 2.28. The zero-order valence-corrected chi connectivity index (χ0v) is 10.5. The van der Waals surface area contributed by atoms with Crippen LogP contribution in [0.5, 0.6) is 0 Å². The summed E-state index contributed by atoms with van der Waals surface area (Å²) in [5, 5.41) is 0. The molecule has 0 fully saturated rings. The van der Waals surface area contributed by atoms with E-state index in [1.54, 1.807) is 6.07 Å². The summed E-state index contributed by atoms with van der Waals surface area (Å²) in [6.45, 7) is 1.81. The van der Waals surface area contributed by atoms with Gasteiger partial charge >= 0.3 is 12.1 Å². The molecule has 1 atom stereocenters. The van der Waals surface area contributed by atoms with Crippen molar-refractivity contribution in [1.29, 1.82) is 0 Å². The van der Waals surface area contributed by atoms with Gasteiger partial charge in [-0.15, -0.1) is 0 Å². The maximum Gasteiger partial charge on any atom is 0.453 e. The summed E-state index contributed by atoms with van der Waals surface area (Å²) in [6.07, 6.45) is -4.80. The molecule has 0 aromatic heterocycles. The summed E-state index contributed by atoms with van der Waals surface area (Å²) in [6, 6.07) is 5.44. The first-order valence-corrected chi connectivity index (χ1v) is 6.25. The third kappa shape index (κ3) is 2.90. The number of aryl methyl sites for hydroxylation is 2. The van der Waals surface area contributed by atoms with Gasteiger partial charge in [0.15, 0.2) is 0 Å². The maximum absolute atomic E-state index is 13.2. The fraction of sp³-hybridized carbons (Fsp3) is 0.571. The molecule has 1 aliphatic carbocycles. The Bertz CT molecular complexity index is 461. The molecule has 0 aliphatic heterocycles. The predicted molar refractivity (Wildman–Crippen MR) is 62.5 cm³/mol. The van der Waals surface area contributed by atoms with Crippen molar-refractivity contribution in [2.75, 3.05) is 0 Å². The van der Waals surface area contributed by atoms with Gasteiger partial charge < -0.3 is 0 Å². The monoisotopic (exact) mass is 278 g/mol. The van der Waals surface area contributed by atoms with Crippen LogP contribution in [0.1, 0.15) is 41.9 Å². The second kappa shape index (κ2) is 4.76. The Balaban J connectivity index is 2.27. The zero-order valence-electron chi connectivity index (χ0n) is 10.5. The molecule has 0 N–H and O–H groups in total. The molecule has 0 amide bonds. The van der Waals surface area contributed by atoms with Crippen LogP contribution in [0.4, 0.5) is 22.0 Å². The number of alkyl halides is 5. The highest BCUT2D eigenvalue weighted by atomic mass is 19.4. The van der Waals surface area contributed by atoms with Crippen LogP contribution in [0.15, 0.2) is 18.2 Å². The lowest BCUT2D eigenvalue weighted by Crippen LogP contribution is -2.38. The second-order valence-corrected chi connectivity index (χ2v) is 5.20. The topological polar surface area (TPSA) is 0 Å². The van der Waals surface area contributed by atoms with Crippen LogP contribution in [0.2, 0.25) is 0 Å². The lowest BCUT2D eigenvalue weighted by Gasteiger charge is -2.30. The fourth-order valence-corrected chi connectivity index (χ4v) is 2.65. The van der Waals surface area contributed by atoms with Crippen LogP contribution in [0.25, 0.3) is 0 Å². The van der Waals surface area contributed by atoms with E-state index >= 15 is 0 Å². The van der Waals surface area contributed by atoms with Crippen LogP contribution in [-0.2, 0) is 6.42 Å². The average molecular weight is 278 g/mol. The molecule has 1 aromatic rings. The van der Waals surface area contributed by atoms with Crippen LogP contribution in [0.3, 0.4) is 0 Å². The summed E-state index contributed by atoms with van der Waals surface area (Å²) < 4.78 is 63.3. The second-order valence-electron chi connectivity index (χ2n) is 5.20. The van der Waals surface area contributed by atoms with Crippen molar-refractivity contribution in [2.45, 2.75) is 50.6 Å². The number of benzene rings is 1. The van der Waals surface area contributed by atoms with E-state index in [0.717, 1.165) is 17.5 Å². The molecule has 0 heterocycles. The Morgan fingerprint density at radius 3 is 2.47 bits per heavy atom. The molecular formula is C14H15F5. The van der Waals surface area contributed by atoms with Crippen molar-refractivity contribution in [1.82, 2.24) is 0 Å². The predicted octanol–water partition coefficient (Wildman–Crippen LogP) is 5.00. The zero-order chi connectivity index (χ0) is 14.3. The van der Waals surface area contributed by atoms with Gasteiger partial charge in [0.1, 0.15) is 0 Å². The summed E-state index contributed by atoms with van der Waals surface area (Å²) in [7, 11) is 0. The van der Waals surface area contributed by atoms with E-state index in [1.807, 2.05) is 19.1 Å². The number of halogens is 5. The Kier molecular flexibility index (Phi) is 3.58. The maximum atomic E-state index is 13.2. The van der Waals surface area contributed by atoms with E-state index < -0.39 is 24.4 Å². The van der Waals surface area contributed by atoms with Gasteiger partial charge in [-0.1, -0.05) is 23.8 Å². The van der Waals surface area contributed by atoms with Crippen LogP contribution in [0, 0.1) is 6.92 Å². The summed E-state index contributed by atoms with van der Waals surface area (Å²) >= 11 is 0. The molecule has 0 radical (unpaired) electrons. The van der Waals surface area contributed by atoms with E-state index in [-0.39, 0.29) is 0 Å². The van der Waals surface area contributed by atoms with Gasteiger partial charge in [0.2, 0.25) is 0 Å². The molecule has 0 spiro atoms. The molecule has 1 aromatic carbocycles. The van der Waals surface area contributed by atoms with Gasteiger partial charge in [0.05, 0.1) is 0 Å². The van der Waals surface area contributed by atoms with Crippen molar-refractivity contribution < 1.29 is 22.0 Å². The Morgan fingerprint density at radius 1 is 1.16 bits per heavy atom. The number of rotatable bonds is 2. The molecule has 0 nitrogen and oxygen atoms in total. The van der Waals surface area contributed by atoms with Gasteiger partial charge in [0.25, 0.3) is 0 Å². The molecule has 0 saturated carbocycles. The molecular weight excluding hydrogens is 263 g/mol. The first kappa shape index (κ1) is 14.3. The summed E-state index contributed by atoms with van der Waals surface area (Å²) in [5.74, 6) is -5.32. The van der Waals surface area contributed by atoms with Gasteiger partial charge in [-0.05, 0) is 43.2 Å². The summed E-state index contributed by atoms with van der Waals surface area (Å²) in [4.78, 5) is 0. The third-order valence-electron chi connectivity index (χ3n) is 3.66. The first-order chi connectivity index (χ1) is 8.71. The quantitative estimate of drug-likeness (QED) is 0.668. The smallest absolute Gasteiger partial charge is 0.196 e. The lowest BCUT2D eigenvalue weighted by atomic mass is 9.79.